The predicted molar refractivity (Wildman–Crippen MR) is 66.7 cm³/mol. The minimum absolute atomic E-state index is 0.0553. The van der Waals surface area contributed by atoms with Gasteiger partial charge < -0.3 is 15.1 Å². The molecule has 4 nitrogen and oxygen atoms in total. The lowest BCUT2D eigenvalue weighted by Crippen LogP contribution is -2.38. The van der Waals surface area contributed by atoms with Crippen molar-refractivity contribution < 1.29 is 15.0 Å². The van der Waals surface area contributed by atoms with Crippen LogP contribution in [-0.2, 0) is 0 Å². The first-order valence-electron chi connectivity index (χ1n) is 5.37. The summed E-state index contributed by atoms with van der Waals surface area (Å²) in [5, 5.41) is 19.2. The van der Waals surface area contributed by atoms with Crippen LogP contribution in [0.4, 0.5) is 0 Å². The van der Waals surface area contributed by atoms with Crippen LogP contribution in [0, 0.1) is 0 Å². The van der Waals surface area contributed by atoms with E-state index in [2.05, 4.69) is 0 Å². The summed E-state index contributed by atoms with van der Waals surface area (Å²) in [7, 11) is 0. The number of phenolic OH excluding ortho intramolecular Hbond substituents is 2. The molecule has 1 rings (SSSR count). The summed E-state index contributed by atoms with van der Waals surface area (Å²) < 4.78 is 0. The second-order valence-corrected chi connectivity index (χ2v) is 4.33. The summed E-state index contributed by atoms with van der Waals surface area (Å²) >= 11 is 5.63. The van der Waals surface area contributed by atoms with Crippen LogP contribution in [0.1, 0.15) is 24.2 Å². The number of hydrogen-bond acceptors (Lipinski definition) is 3. The molecule has 5 heteroatoms. The van der Waals surface area contributed by atoms with E-state index in [1.54, 1.807) is 0 Å². The van der Waals surface area contributed by atoms with Crippen LogP contribution >= 0.6 is 11.6 Å². The molecule has 0 radical (unpaired) electrons. The molecule has 0 saturated heterocycles. The Bertz CT molecular complexity index is 386. The molecule has 17 heavy (non-hydrogen) atoms. The zero-order chi connectivity index (χ0) is 13.0. The monoisotopic (exact) mass is 257 g/mol. The molecular formula is C12H16ClNO3. The van der Waals surface area contributed by atoms with E-state index in [1.807, 2.05) is 13.8 Å². The third kappa shape index (κ3) is 3.03. The number of carbonyl (C=O) groups excluding carboxylic acids is 1. The fraction of sp³-hybridized carbons (Fsp3) is 0.417. The van der Waals surface area contributed by atoms with Gasteiger partial charge in [0, 0.05) is 18.5 Å². The molecule has 0 aromatic heterocycles. The van der Waals surface area contributed by atoms with Gasteiger partial charge in [0.1, 0.15) is 17.1 Å². The number of carbonyl (C=O) groups is 1. The number of aromatic hydroxyl groups is 2. The Labute approximate surface area is 105 Å². The van der Waals surface area contributed by atoms with Crippen molar-refractivity contribution in [3.8, 4) is 11.5 Å². The zero-order valence-electron chi connectivity index (χ0n) is 9.85. The van der Waals surface area contributed by atoms with Gasteiger partial charge in [-0.05, 0) is 26.0 Å². The highest BCUT2D eigenvalue weighted by Crippen LogP contribution is 2.28. The number of phenols is 2. The maximum Gasteiger partial charge on any atom is 0.261 e. The van der Waals surface area contributed by atoms with Crippen LogP contribution in [-0.4, -0.2) is 39.5 Å². The Balaban J connectivity index is 3.09. The number of benzene rings is 1. The van der Waals surface area contributed by atoms with Crippen molar-refractivity contribution >= 4 is 17.5 Å². The maximum absolute atomic E-state index is 12.2. The van der Waals surface area contributed by atoms with Crippen LogP contribution in [0.25, 0.3) is 0 Å². The summed E-state index contributed by atoms with van der Waals surface area (Å²) in [5.74, 6) is -0.570. The molecule has 0 heterocycles. The van der Waals surface area contributed by atoms with Gasteiger partial charge >= 0.3 is 0 Å². The van der Waals surface area contributed by atoms with Crippen LogP contribution < -0.4 is 0 Å². The van der Waals surface area contributed by atoms with Gasteiger partial charge in [0.25, 0.3) is 5.91 Å². The second kappa shape index (κ2) is 5.77. The van der Waals surface area contributed by atoms with Crippen LogP contribution in [0.3, 0.4) is 0 Å². The maximum atomic E-state index is 12.2. The van der Waals surface area contributed by atoms with Crippen LogP contribution in [0.5, 0.6) is 11.5 Å². The minimum Gasteiger partial charge on any atom is -0.507 e. The lowest BCUT2D eigenvalue weighted by molar-refractivity contribution is 0.0712. The molecule has 0 aliphatic heterocycles. The molecule has 0 aliphatic carbocycles. The first-order valence-corrected chi connectivity index (χ1v) is 5.90. The van der Waals surface area contributed by atoms with E-state index in [-0.39, 0.29) is 23.1 Å². The van der Waals surface area contributed by atoms with Gasteiger partial charge in [-0.2, -0.15) is 0 Å². The lowest BCUT2D eigenvalue weighted by Gasteiger charge is -2.26. The zero-order valence-corrected chi connectivity index (χ0v) is 10.6. The number of rotatable bonds is 4. The molecule has 2 N–H and O–H groups in total. The number of amides is 1. The number of nitrogens with zero attached hydrogens (tertiary/aromatic N) is 1. The summed E-state index contributed by atoms with van der Waals surface area (Å²) in [6.07, 6.45) is 0. The van der Waals surface area contributed by atoms with Crippen molar-refractivity contribution in [1.82, 2.24) is 4.90 Å². The standard InChI is InChI=1S/C12H16ClNO3/c1-8(2)14(7-6-13)12(17)11-9(15)4-3-5-10(11)16/h3-5,8,15-16H,6-7H2,1-2H3. The average molecular weight is 258 g/mol. The Morgan fingerprint density at radius 2 is 1.88 bits per heavy atom. The van der Waals surface area contributed by atoms with E-state index < -0.39 is 5.91 Å². The first-order chi connectivity index (χ1) is 7.99. The first kappa shape index (κ1) is 13.6. The molecule has 94 valence electrons. The van der Waals surface area contributed by atoms with Gasteiger partial charge in [-0.15, -0.1) is 11.6 Å². The molecule has 1 amide bonds. The average Bonchev–Trinajstić information content (AvgIpc) is 2.24. The van der Waals surface area contributed by atoms with Gasteiger partial charge in [-0.25, -0.2) is 0 Å². The molecular weight excluding hydrogens is 242 g/mol. The highest BCUT2D eigenvalue weighted by atomic mass is 35.5. The molecule has 0 unspecified atom stereocenters. The van der Waals surface area contributed by atoms with Crippen molar-refractivity contribution in [3.05, 3.63) is 23.8 Å². The Morgan fingerprint density at radius 3 is 2.29 bits per heavy atom. The van der Waals surface area contributed by atoms with Crippen molar-refractivity contribution in [2.45, 2.75) is 19.9 Å². The molecule has 0 spiro atoms. The van der Waals surface area contributed by atoms with Gasteiger partial charge in [-0.1, -0.05) is 6.07 Å². The summed E-state index contributed by atoms with van der Waals surface area (Å²) in [6, 6.07) is 4.15. The van der Waals surface area contributed by atoms with Gasteiger partial charge in [-0.3, -0.25) is 4.79 Å². The smallest absolute Gasteiger partial charge is 0.261 e. The molecule has 1 aromatic carbocycles. The van der Waals surface area contributed by atoms with Crippen molar-refractivity contribution in [3.63, 3.8) is 0 Å². The van der Waals surface area contributed by atoms with Gasteiger partial charge in [0.15, 0.2) is 0 Å². The lowest BCUT2D eigenvalue weighted by atomic mass is 10.1. The van der Waals surface area contributed by atoms with E-state index in [0.29, 0.717) is 12.4 Å². The molecule has 0 aliphatic rings. The topological polar surface area (TPSA) is 60.8 Å². The summed E-state index contributed by atoms with van der Waals surface area (Å²) in [4.78, 5) is 13.7. The summed E-state index contributed by atoms with van der Waals surface area (Å²) in [5.41, 5.74) is -0.0775. The van der Waals surface area contributed by atoms with E-state index in [9.17, 15) is 15.0 Å². The third-order valence-electron chi connectivity index (χ3n) is 2.44. The fourth-order valence-electron chi connectivity index (χ4n) is 1.58. The number of alkyl halides is 1. The predicted octanol–water partition coefficient (Wildman–Crippen LogP) is 2.19. The molecule has 0 atom stereocenters. The Hall–Kier alpha value is -1.42. The van der Waals surface area contributed by atoms with Crippen molar-refractivity contribution in [2.75, 3.05) is 12.4 Å². The highest BCUT2D eigenvalue weighted by Gasteiger charge is 2.23. The van der Waals surface area contributed by atoms with Gasteiger partial charge in [0.05, 0.1) is 0 Å². The normalized spacial score (nSPS) is 10.6. The van der Waals surface area contributed by atoms with E-state index in [0.717, 1.165) is 0 Å². The molecule has 0 bridgehead atoms. The van der Waals surface area contributed by atoms with E-state index >= 15 is 0 Å². The largest absolute Gasteiger partial charge is 0.507 e. The van der Waals surface area contributed by atoms with Crippen LogP contribution in [0.2, 0.25) is 0 Å². The van der Waals surface area contributed by atoms with Gasteiger partial charge in [0.2, 0.25) is 0 Å². The quantitative estimate of drug-likeness (QED) is 0.813. The molecule has 0 saturated carbocycles. The number of halogens is 1. The molecule has 1 aromatic rings. The second-order valence-electron chi connectivity index (χ2n) is 3.95. The van der Waals surface area contributed by atoms with E-state index in [4.69, 9.17) is 11.6 Å². The molecule has 0 fully saturated rings. The highest BCUT2D eigenvalue weighted by molar-refractivity contribution is 6.18. The minimum atomic E-state index is -0.420. The fourth-order valence-corrected chi connectivity index (χ4v) is 1.76. The van der Waals surface area contributed by atoms with E-state index in [1.165, 1.54) is 23.1 Å². The third-order valence-corrected chi connectivity index (χ3v) is 2.61. The van der Waals surface area contributed by atoms with Crippen molar-refractivity contribution in [1.29, 1.82) is 0 Å². The van der Waals surface area contributed by atoms with Crippen LogP contribution in [0.15, 0.2) is 18.2 Å². The Kier molecular flexibility index (Phi) is 4.63. The van der Waals surface area contributed by atoms with Crippen molar-refractivity contribution in [2.24, 2.45) is 0 Å². The SMILES string of the molecule is CC(C)N(CCCl)C(=O)c1c(O)cccc1O. The summed E-state index contributed by atoms with van der Waals surface area (Å²) in [6.45, 7) is 4.06. The number of hydrogen-bond donors (Lipinski definition) is 2. The Morgan fingerprint density at radius 1 is 1.35 bits per heavy atom.